The number of nitrogens with one attached hydrogen (secondary N) is 1. The number of carbonyl (C=O) groups excluding carboxylic acids is 2. The molecule has 1 aliphatic carbocycles. The number of hydrogen-bond acceptors (Lipinski definition) is 2. The number of hydrogen-bond donors (Lipinski definition) is 1. The van der Waals surface area contributed by atoms with Crippen molar-refractivity contribution in [3.8, 4) is 0 Å². The van der Waals surface area contributed by atoms with Crippen LogP contribution in [-0.4, -0.2) is 29.3 Å². The van der Waals surface area contributed by atoms with Crippen LogP contribution in [0.5, 0.6) is 0 Å². The molecule has 3 rings (SSSR count). The second kappa shape index (κ2) is 7.32. The lowest BCUT2D eigenvalue weighted by atomic mass is 10.0. The first-order chi connectivity index (χ1) is 11.5. The molecule has 2 fully saturated rings. The van der Waals surface area contributed by atoms with Crippen molar-refractivity contribution < 1.29 is 9.59 Å². The SMILES string of the molecule is C[C@@H](NC(=O)[C@@H]1CC(=O)N(C2CCCC2)C1)c1ccc(Cl)cc1Cl. The Labute approximate surface area is 152 Å². The highest BCUT2D eigenvalue weighted by atomic mass is 35.5. The van der Waals surface area contributed by atoms with Gasteiger partial charge in [0.2, 0.25) is 11.8 Å². The highest BCUT2D eigenvalue weighted by Gasteiger charge is 2.38. The Morgan fingerprint density at radius 2 is 2.00 bits per heavy atom. The number of amides is 2. The Morgan fingerprint density at radius 3 is 2.67 bits per heavy atom. The zero-order valence-electron chi connectivity index (χ0n) is 13.7. The Balaban J connectivity index is 1.61. The molecular weight excluding hydrogens is 347 g/mol. The number of nitrogens with zero attached hydrogens (tertiary/aromatic N) is 1. The molecule has 2 aliphatic rings. The van der Waals surface area contributed by atoms with Gasteiger partial charge in [0, 0.05) is 29.1 Å². The van der Waals surface area contributed by atoms with E-state index in [9.17, 15) is 9.59 Å². The summed E-state index contributed by atoms with van der Waals surface area (Å²) in [5, 5.41) is 4.08. The maximum Gasteiger partial charge on any atom is 0.225 e. The minimum absolute atomic E-state index is 0.0811. The van der Waals surface area contributed by atoms with Crippen molar-refractivity contribution in [3.63, 3.8) is 0 Å². The van der Waals surface area contributed by atoms with Gasteiger partial charge in [-0.3, -0.25) is 9.59 Å². The van der Waals surface area contributed by atoms with Gasteiger partial charge in [-0.15, -0.1) is 0 Å². The van der Waals surface area contributed by atoms with Gasteiger partial charge < -0.3 is 10.2 Å². The molecule has 2 atom stereocenters. The molecule has 130 valence electrons. The average Bonchev–Trinajstić information content (AvgIpc) is 3.15. The molecule has 0 unspecified atom stereocenters. The van der Waals surface area contributed by atoms with Gasteiger partial charge in [0.15, 0.2) is 0 Å². The van der Waals surface area contributed by atoms with E-state index in [1.807, 2.05) is 17.9 Å². The van der Waals surface area contributed by atoms with Gasteiger partial charge in [-0.05, 0) is 37.5 Å². The molecule has 0 bridgehead atoms. The van der Waals surface area contributed by atoms with E-state index in [-0.39, 0.29) is 23.8 Å². The molecule has 4 nitrogen and oxygen atoms in total. The van der Waals surface area contributed by atoms with E-state index in [4.69, 9.17) is 23.2 Å². The van der Waals surface area contributed by atoms with E-state index in [1.54, 1.807) is 12.1 Å². The lowest BCUT2D eigenvalue weighted by Gasteiger charge is -2.24. The summed E-state index contributed by atoms with van der Waals surface area (Å²) in [7, 11) is 0. The first-order valence-corrected chi connectivity index (χ1v) is 9.26. The predicted octanol–water partition coefficient (Wildman–Crippen LogP) is 3.96. The molecule has 24 heavy (non-hydrogen) atoms. The topological polar surface area (TPSA) is 49.4 Å². The van der Waals surface area contributed by atoms with Gasteiger partial charge >= 0.3 is 0 Å². The number of rotatable bonds is 4. The van der Waals surface area contributed by atoms with Crippen molar-refractivity contribution in [3.05, 3.63) is 33.8 Å². The van der Waals surface area contributed by atoms with E-state index in [2.05, 4.69) is 5.32 Å². The lowest BCUT2D eigenvalue weighted by molar-refractivity contribution is -0.130. The smallest absolute Gasteiger partial charge is 0.225 e. The molecule has 1 aromatic rings. The van der Waals surface area contributed by atoms with Crippen molar-refractivity contribution in [1.82, 2.24) is 10.2 Å². The zero-order chi connectivity index (χ0) is 17.3. The third-order valence-electron chi connectivity index (χ3n) is 5.08. The maximum absolute atomic E-state index is 12.6. The summed E-state index contributed by atoms with van der Waals surface area (Å²) in [6, 6.07) is 5.35. The molecule has 1 heterocycles. The maximum atomic E-state index is 12.6. The van der Waals surface area contributed by atoms with Gasteiger partial charge in [0.1, 0.15) is 0 Å². The third-order valence-corrected chi connectivity index (χ3v) is 5.64. The summed E-state index contributed by atoms with van der Waals surface area (Å²) < 4.78 is 0. The second-order valence-corrected chi connectivity index (χ2v) is 7.63. The number of halogens is 2. The van der Waals surface area contributed by atoms with Crippen molar-refractivity contribution in [1.29, 1.82) is 0 Å². The molecule has 0 spiro atoms. The van der Waals surface area contributed by atoms with Gasteiger partial charge in [-0.2, -0.15) is 0 Å². The van der Waals surface area contributed by atoms with Crippen LogP contribution in [0.1, 0.15) is 50.6 Å². The molecule has 6 heteroatoms. The zero-order valence-corrected chi connectivity index (χ0v) is 15.2. The first kappa shape index (κ1) is 17.6. The van der Waals surface area contributed by atoms with Crippen molar-refractivity contribution >= 4 is 35.0 Å². The van der Waals surface area contributed by atoms with Gasteiger partial charge in [0.05, 0.1) is 12.0 Å². The number of likely N-dealkylation sites (tertiary alicyclic amines) is 1. The molecule has 1 saturated heterocycles. The van der Waals surface area contributed by atoms with E-state index in [1.165, 1.54) is 12.8 Å². The van der Waals surface area contributed by atoms with E-state index < -0.39 is 0 Å². The molecule has 2 amide bonds. The molecule has 1 aliphatic heterocycles. The van der Waals surface area contributed by atoms with E-state index >= 15 is 0 Å². The summed E-state index contributed by atoms with van der Waals surface area (Å²) in [4.78, 5) is 26.7. The van der Waals surface area contributed by atoms with Crippen LogP contribution in [0.15, 0.2) is 18.2 Å². The molecular formula is C18H22Cl2N2O2. The quantitative estimate of drug-likeness (QED) is 0.873. The fourth-order valence-corrected chi connectivity index (χ4v) is 4.31. The minimum Gasteiger partial charge on any atom is -0.349 e. The molecule has 1 saturated carbocycles. The Hall–Kier alpha value is -1.26. The standard InChI is InChI=1S/C18H22Cl2N2O2/c1-11(15-7-6-13(19)9-16(15)20)21-18(24)12-8-17(23)22(10-12)14-4-2-3-5-14/h6-7,9,11-12,14H,2-5,8,10H2,1H3,(H,21,24)/t11-,12-/m1/s1. The summed E-state index contributed by atoms with van der Waals surface area (Å²) in [6.45, 7) is 2.43. The molecule has 0 radical (unpaired) electrons. The van der Waals surface area contributed by atoms with Gasteiger partial charge in [-0.25, -0.2) is 0 Å². The summed E-state index contributed by atoms with van der Waals surface area (Å²) in [6.07, 6.45) is 4.80. The van der Waals surface area contributed by atoms with Crippen LogP contribution in [0, 0.1) is 5.92 Å². The van der Waals surface area contributed by atoms with Crippen LogP contribution < -0.4 is 5.32 Å². The van der Waals surface area contributed by atoms with Crippen molar-refractivity contribution in [2.24, 2.45) is 5.92 Å². The Morgan fingerprint density at radius 1 is 1.29 bits per heavy atom. The average molecular weight is 369 g/mol. The minimum atomic E-state index is -0.272. The van der Waals surface area contributed by atoms with Crippen LogP contribution >= 0.6 is 23.2 Å². The fourth-order valence-electron chi connectivity index (χ4n) is 3.74. The van der Waals surface area contributed by atoms with E-state index in [0.717, 1.165) is 18.4 Å². The Kier molecular flexibility index (Phi) is 5.36. The second-order valence-electron chi connectivity index (χ2n) is 6.78. The summed E-state index contributed by atoms with van der Waals surface area (Å²) in [5.74, 6) is -0.242. The predicted molar refractivity (Wildman–Crippen MR) is 95.1 cm³/mol. The largest absolute Gasteiger partial charge is 0.349 e. The third kappa shape index (κ3) is 3.70. The van der Waals surface area contributed by atoms with Crippen molar-refractivity contribution in [2.75, 3.05) is 6.54 Å². The molecule has 1 aromatic carbocycles. The van der Waals surface area contributed by atoms with Crippen molar-refractivity contribution in [2.45, 2.75) is 51.1 Å². The summed E-state index contributed by atoms with van der Waals surface area (Å²) in [5.41, 5.74) is 0.825. The number of benzene rings is 1. The highest BCUT2D eigenvalue weighted by Crippen LogP contribution is 2.30. The first-order valence-electron chi connectivity index (χ1n) is 8.50. The molecule has 0 aromatic heterocycles. The normalized spacial score (nSPS) is 22.9. The van der Waals surface area contributed by atoms with Crippen LogP contribution in [0.2, 0.25) is 10.0 Å². The fraction of sp³-hybridized carbons (Fsp3) is 0.556. The highest BCUT2D eigenvalue weighted by molar-refractivity contribution is 6.35. The van der Waals surface area contributed by atoms with Crippen LogP contribution in [0.3, 0.4) is 0 Å². The van der Waals surface area contributed by atoms with Crippen LogP contribution in [0.25, 0.3) is 0 Å². The van der Waals surface area contributed by atoms with Gasteiger partial charge in [-0.1, -0.05) is 42.1 Å². The number of carbonyl (C=O) groups is 2. The summed E-state index contributed by atoms with van der Waals surface area (Å²) >= 11 is 12.1. The Bertz CT molecular complexity index is 644. The van der Waals surface area contributed by atoms with Crippen LogP contribution in [-0.2, 0) is 9.59 Å². The van der Waals surface area contributed by atoms with Crippen LogP contribution in [0.4, 0.5) is 0 Å². The van der Waals surface area contributed by atoms with E-state index in [0.29, 0.717) is 29.1 Å². The lowest BCUT2D eigenvalue weighted by Crippen LogP contribution is -2.37. The van der Waals surface area contributed by atoms with Gasteiger partial charge in [0.25, 0.3) is 0 Å². The molecule has 1 N–H and O–H groups in total. The monoisotopic (exact) mass is 368 g/mol.